The molecule has 0 aliphatic heterocycles. The van der Waals surface area contributed by atoms with E-state index >= 15 is 0 Å². The molecule has 0 aromatic carbocycles. The number of carbonyl (C=O) groups is 2. The van der Waals surface area contributed by atoms with Crippen molar-refractivity contribution in [3.8, 4) is 0 Å². The van der Waals surface area contributed by atoms with Gasteiger partial charge in [0, 0.05) is 25.4 Å². The van der Waals surface area contributed by atoms with Crippen molar-refractivity contribution < 1.29 is 33.3 Å². The molecule has 10 nitrogen and oxygen atoms in total. The van der Waals surface area contributed by atoms with Crippen LogP contribution in [0.4, 0.5) is 0 Å². The fraction of sp³-hybridized carbons (Fsp3) is 0.688. The lowest BCUT2D eigenvalue weighted by molar-refractivity contribution is -0.145. The highest BCUT2D eigenvalue weighted by molar-refractivity contribution is 5.85. The van der Waals surface area contributed by atoms with Gasteiger partial charge in [0.15, 0.2) is 0 Å². The van der Waals surface area contributed by atoms with Gasteiger partial charge in [0.1, 0.15) is 12.6 Å². The van der Waals surface area contributed by atoms with E-state index in [1.165, 1.54) is 13.4 Å². The Morgan fingerprint density at radius 3 is 2.31 bits per heavy atom. The zero-order valence-electron chi connectivity index (χ0n) is 15.2. The Hall–Kier alpha value is -2.01. The number of hydrogen-bond donors (Lipinski definition) is 2. The molecule has 0 fully saturated rings. The van der Waals surface area contributed by atoms with Crippen molar-refractivity contribution in [2.45, 2.75) is 12.5 Å². The van der Waals surface area contributed by atoms with Crippen LogP contribution in [-0.2, 0) is 39.7 Å². The molecule has 1 rings (SSSR count). The van der Waals surface area contributed by atoms with Gasteiger partial charge in [-0.15, -0.1) is 0 Å². The molecular weight excluding hydrogens is 346 g/mol. The van der Waals surface area contributed by atoms with E-state index in [4.69, 9.17) is 23.7 Å². The number of aromatic amines is 1. The summed E-state index contributed by atoms with van der Waals surface area (Å²) < 4.78 is 25.3. The van der Waals surface area contributed by atoms with E-state index in [0.29, 0.717) is 38.7 Å². The molecular formula is C16H27N3O7. The molecule has 10 heteroatoms. The highest BCUT2D eigenvalue weighted by Crippen LogP contribution is 2.00. The predicted octanol–water partition coefficient (Wildman–Crippen LogP) is -0.694. The summed E-state index contributed by atoms with van der Waals surface area (Å²) in [6.45, 7) is 2.41. The maximum absolute atomic E-state index is 11.9. The van der Waals surface area contributed by atoms with Crippen LogP contribution in [0, 0.1) is 0 Å². The third-order valence-corrected chi connectivity index (χ3v) is 3.21. The molecule has 1 amide bonds. The van der Waals surface area contributed by atoms with E-state index < -0.39 is 17.9 Å². The molecule has 0 saturated heterocycles. The number of esters is 1. The van der Waals surface area contributed by atoms with Crippen molar-refractivity contribution in [2.24, 2.45) is 0 Å². The average Bonchev–Trinajstić information content (AvgIpc) is 3.15. The summed E-state index contributed by atoms with van der Waals surface area (Å²) in [6.07, 6.45) is 3.33. The summed E-state index contributed by atoms with van der Waals surface area (Å²) in [6, 6.07) is -0.808. The van der Waals surface area contributed by atoms with Crippen molar-refractivity contribution in [3.05, 3.63) is 18.2 Å². The number of carbonyl (C=O) groups excluding carboxylic acids is 2. The summed E-state index contributed by atoms with van der Waals surface area (Å²) in [4.78, 5) is 30.4. The molecule has 1 aromatic rings. The monoisotopic (exact) mass is 373 g/mol. The molecule has 0 unspecified atom stereocenters. The Kier molecular flexibility index (Phi) is 12.0. The fourth-order valence-corrected chi connectivity index (χ4v) is 1.93. The Balaban J connectivity index is 2.12. The molecule has 0 radical (unpaired) electrons. The number of hydrogen-bond acceptors (Lipinski definition) is 8. The Morgan fingerprint density at radius 1 is 1.08 bits per heavy atom. The Labute approximate surface area is 152 Å². The van der Waals surface area contributed by atoms with E-state index in [2.05, 4.69) is 15.3 Å². The molecule has 2 N–H and O–H groups in total. The van der Waals surface area contributed by atoms with Gasteiger partial charge < -0.3 is 34.0 Å². The van der Waals surface area contributed by atoms with Crippen LogP contribution in [-0.4, -0.2) is 88.4 Å². The molecule has 1 atom stereocenters. The van der Waals surface area contributed by atoms with Crippen molar-refractivity contribution >= 4 is 11.9 Å². The lowest BCUT2D eigenvalue weighted by Crippen LogP contribution is -2.44. The van der Waals surface area contributed by atoms with Gasteiger partial charge in [-0.2, -0.15) is 0 Å². The maximum Gasteiger partial charge on any atom is 0.328 e. The number of rotatable bonds is 15. The number of nitrogens with one attached hydrogen (secondary N) is 2. The lowest BCUT2D eigenvalue weighted by Gasteiger charge is -2.15. The predicted molar refractivity (Wildman–Crippen MR) is 90.6 cm³/mol. The molecule has 1 heterocycles. The third kappa shape index (κ3) is 10.1. The first-order valence-corrected chi connectivity index (χ1v) is 8.24. The van der Waals surface area contributed by atoms with Gasteiger partial charge in [0.2, 0.25) is 5.91 Å². The second-order valence-electron chi connectivity index (χ2n) is 5.19. The normalized spacial score (nSPS) is 11.9. The van der Waals surface area contributed by atoms with E-state index in [-0.39, 0.29) is 19.6 Å². The minimum absolute atomic E-state index is 0.176. The van der Waals surface area contributed by atoms with E-state index in [1.54, 1.807) is 13.3 Å². The topological polar surface area (TPSA) is 121 Å². The largest absolute Gasteiger partial charge is 0.467 e. The summed E-state index contributed by atoms with van der Waals surface area (Å²) in [7, 11) is 2.87. The number of amides is 1. The second kappa shape index (κ2) is 14.2. The summed E-state index contributed by atoms with van der Waals surface area (Å²) >= 11 is 0. The zero-order valence-corrected chi connectivity index (χ0v) is 15.2. The van der Waals surface area contributed by atoms with Gasteiger partial charge in [-0.25, -0.2) is 9.78 Å². The van der Waals surface area contributed by atoms with Crippen LogP contribution in [0.25, 0.3) is 0 Å². The van der Waals surface area contributed by atoms with Crippen LogP contribution >= 0.6 is 0 Å². The van der Waals surface area contributed by atoms with Crippen LogP contribution in [0.5, 0.6) is 0 Å². The van der Waals surface area contributed by atoms with E-state index in [9.17, 15) is 9.59 Å². The number of imidazole rings is 1. The van der Waals surface area contributed by atoms with E-state index in [0.717, 1.165) is 0 Å². The summed E-state index contributed by atoms with van der Waals surface area (Å²) in [5.74, 6) is -0.951. The van der Waals surface area contributed by atoms with Crippen LogP contribution in [0.3, 0.4) is 0 Å². The number of ether oxygens (including phenoxy) is 5. The summed E-state index contributed by atoms with van der Waals surface area (Å²) in [5, 5.41) is 2.58. The molecule has 26 heavy (non-hydrogen) atoms. The smallest absolute Gasteiger partial charge is 0.328 e. The number of H-pyrrole nitrogens is 1. The highest BCUT2D eigenvalue weighted by atomic mass is 16.6. The van der Waals surface area contributed by atoms with Crippen LogP contribution in [0.15, 0.2) is 12.5 Å². The minimum Gasteiger partial charge on any atom is -0.467 e. The number of aromatic nitrogens is 2. The van der Waals surface area contributed by atoms with Gasteiger partial charge in [-0.1, -0.05) is 0 Å². The molecule has 0 aliphatic carbocycles. The SMILES string of the molecule is COCCOCCOCCOCC(=O)N[C@@H](Cc1cnc[nH]1)C(=O)OC. The fourth-order valence-electron chi connectivity index (χ4n) is 1.93. The first-order chi connectivity index (χ1) is 12.7. The maximum atomic E-state index is 11.9. The molecule has 148 valence electrons. The molecule has 0 spiro atoms. The lowest BCUT2D eigenvalue weighted by atomic mass is 10.1. The second-order valence-corrected chi connectivity index (χ2v) is 5.19. The Bertz CT molecular complexity index is 496. The Morgan fingerprint density at radius 2 is 1.73 bits per heavy atom. The van der Waals surface area contributed by atoms with Crippen molar-refractivity contribution in [1.82, 2.24) is 15.3 Å². The van der Waals surface area contributed by atoms with Crippen molar-refractivity contribution in [2.75, 3.05) is 60.5 Å². The van der Waals surface area contributed by atoms with Gasteiger partial charge in [0.25, 0.3) is 0 Å². The quantitative estimate of drug-likeness (QED) is 0.306. The molecule has 0 bridgehead atoms. The van der Waals surface area contributed by atoms with Gasteiger partial charge in [-0.3, -0.25) is 4.79 Å². The van der Waals surface area contributed by atoms with Crippen LogP contribution in [0.2, 0.25) is 0 Å². The average molecular weight is 373 g/mol. The van der Waals surface area contributed by atoms with Gasteiger partial charge in [0.05, 0.1) is 53.1 Å². The minimum atomic E-state index is -0.808. The standard InChI is InChI=1S/C16H27N3O7/c1-22-3-4-24-5-6-25-7-8-26-11-15(20)19-14(16(21)23-2)9-13-10-17-12-18-13/h10,12,14H,3-9,11H2,1-2H3,(H,17,18)(H,19,20)/t14-/m0/s1. The number of nitrogens with zero attached hydrogens (tertiary/aromatic N) is 1. The molecule has 0 aliphatic rings. The number of methoxy groups -OCH3 is 2. The summed E-state index contributed by atoms with van der Waals surface area (Å²) in [5.41, 5.74) is 0.711. The van der Waals surface area contributed by atoms with Crippen LogP contribution < -0.4 is 5.32 Å². The van der Waals surface area contributed by atoms with Gasteiger partial charge in [-0.05, 0) is 0 Å². The van der Waals surface area contributed by atoms with Crippen LogP contribution in [0.1, 0.15) is 5.69 Å². The van der Waals surface area contributed by atoms with Crippen molar-refractivity contribution in [1.29, 1.82) is 0 Å². The molecule has 0 saturated carbocycles. The van der Waals surface area contributed by atoms with Crippen molar-refractivity contribution in [3.63, 3.8) is 0 Å². The van der Waals surface area contributed by atoms with E-state index in [1.807, 2.05) is 0 Å². The zero-order chi connectivity index (χ0) is 19.0. The first kappa shape index (κ1) is 22.0. The third-order valence-electron chi connectivity index (χ3n) is 3.21. The van der Waals surface area contributed by atoms with Gasteiger partial charge >= 0.3 is 5.97 Å². The highest BCUT2D eigenvalue weighted by Gasteiger charge is 2.22. The first-order valence-electron chi connectivity index (χ1n) is 8.24. The molecule has 1 aromatic heterocycles.